The number of carboxylic acid groups (broad SMARTS) is 1. The van der Waals surface area contributed by atoms with Gasteiger partial charge in [0.15, 0.2) is 0 Å². The van der Waals surface area contributed by atoms with Crippen molar-refractivity contribution >= 4 is 12.0 Å². The van der Waals surface area contributed by atoms with Crippen molar-refractivity contribution in [3.05, 3.63) is 35.6 Å². The standard InChI is InChI=1S/C15H19FN2O3/c1-17(10-12-4-2-3-5-13(12)16)15(21)18-7-6-11(9-18)8-14(19)20/h2-5,11H,6-10H2,1H3,(H,19,20). The lowest BCUT2D eigenvalue weighted by molar-refractivity contribution is -0.138. The van der Waals surface area contributed by atoms with Gasteiger partial charge in [-0.1, -0.05) is 18.2 Å². The monoisotopic (exact) mass is 294 g/mol. The molecule has 0 saturated carbocycles. The van der Waals surface area contributed by atoms with Crippen LogP contribution in [0.2, 0.25) is 0 Å². The topological polar surface area (TPSA) is 60.9 Å². The summed E-state index contributed by atoms with van der Waals surface area (Å²) in [6, 6.07) is 6.17. The number of amides is 2. The van der Waals surface area contributed by atoms with Gasteiger partial charge in [0, 0.05) is 38.7 Å². The third kappa shape index (κ3) is 3.93. The van der Waals surface area contributed by atoms with E-state index in [-0.39, 0.29) is 30.7 Å². The molecule has 1 aromatic carbocycles. The molecule has 1 aliphatic heterocycles. The molecule has 1 unspecified atom stereocenters. The van der Waals surface area contributed by atoms with Gasteiger partial charge in [0.1, 0.15) is 5.82 Å². The van der Waals surface area contributed by atoms with Gasteiger partial charge in [-0.2, -0.15) is 0 Å². The molecule has 1 aromatic rings. The lowest BCUT2D eigenvalue weighted by Gasteiger charge is -2.25. The number of hydrogen-bond donors (Lipinski definition) is 1. The summed E-state index contributed by atoms with van der Waals surface area (Å²) in [6.07, 6.45) is 0.784. The van der Waals surface area contributed by atoms with Crippen molar-refractivity contribution in [2.24, 2.45) is 5.92 Å². The molecular weight excluding hydrogens is 275 g/mol. The van der Waals surface area contributed by atoms with Crippen molar-refractivity contribution in [3.63, 3.8) is 0 Å². The molecule has 1 aliphatic rings. The lowest BCUT2D eigenvalue weighted by Crippen LogP contribution is -2.39. The van der Waals surface area contributed by atoms with Crippen molar-refractivity contribution in [1.82, 2.24) is 9.80 Å². The Bertz CT molecular complexity index is 535. The van der Waals surface area contributed by atoms with Gasteiger partial charge in [0.25, 0.3) is 0 Å². The molecule has 2 rings (SSSR count). The molecule has 21 heavy (non-hydrogen) atoms. The second-order valence-corrected chi connectivity index (χ2v) is 5.43. The number of carboxylic acids is 1. The first-order valence-electron chi connectivity index (χ1n) is 6.92. The summed E-state index contributed by atoms with van der Waals surface area (Å²) >= 11 is 0. The Labute approximate surface area is 123 Å². The fraction of sp³-hybridized carbons (Fsp3) is 0.467. The molecule has 114 valence electrons. The zero-order chi connectivity index (χ0) is 15.4. The highest BCUT2D eigenvalue weighted by molar-refractivity contribution is 5.74. The van der Waals surface area contributed by atoms with Crippen LogP contribution < -0.4 is 0 Å². The quantitative estimate of drug-likeness (QED) is 0.926. The van der Waals surface area contributed by atoms with Crippen LogP contribution in [-0.2, 0) is 11.3 Å². The van der Waals surface area contributed by atoms with Crippen LogP contribution in [0, 0.1) is 11.7 Å². The zero-order valence-corrected chi connectivity index (χ0v) is 12.0. The van der Waals surface area contributed by atoms with Crippen molar-refractivity contribution in [2.75, 3.05) is 20.1 Å². The number of likely N-dealkylation sites (tertiary alicyclic amines) is 1. The van der Waals surface area contributed by atoms with Crippen LogP contribution in [0.5, 0.6) is 0 Å². The van der Waals surface area contributed by atoms with Crippen molar-refractivity contribution in [1.29, 1.82) is 0 Å². The maximum atomic E-state index is 13.6. The van der Waals surface area contributed by atoms with Crippen LogP contribution in [0.4, 0.5) is 9.18 Å². The summed E-state index contributed by atoms with van der Waals surface area (Å²) in [5.41, 5.74) is 0.467. The third-order valence-electron chi connectivity index (χ3n) is 3.71. The molecule has 0 bridgehead atoms. The van der Waals surface area contributed by atoms with E-state index >= 15 is 0 Å². The normalized spacial score (nSPS) is 17.8. The maximum absolute atomic E-state index is 13.6. The predicted molar refractivity (Wildman–Crippen MR) is 75.2 cm³/mol. The number of nitrogens with zero attached hydrogens (tertiary/aromatic N) is 2. The van der Waals surface area contributed by atoms with E-state index in [2.05, 4.69) is 0 Å². The molecule has 1 N–H and O–H groups in total. The average molecular weight is 294 g/mol. The molecular formula is C15H19FN2O3. The molecule has 0 spiro atoms. The molecule has 0 radical (unpaired) electrons. The van der Waals surface area contributed by atoms with Gasteiger partial charge < -0.3 is 14.9 Å². The zero-order valence-electron chi connectivity index (χ0n) is 12.0. The Kier molecular flexibility index (Phi) is 4.77. The van der Waals surface area contributed by atoms with Crippen LogP contribution >= 0.6 is 0 Å². The first-order valence-corrected chi connectivity index (χ1v) is 6.92. The number of aliphatic carboxylic acids is 1. The summed E-state index contributed by atoms with van der Waals surface area (Å²) < 4.78 is 13.6. The van der Waals surface area contributed by atoms with E-state index in [9.17, 15) is 14.0 Å². The first-order chi connectivity index (χ1) is 9.97. The van der Waals surface area contributed by atoms with Crippen LogP contribution in [-0.4, -0.2) is 47.0 Å². The number of halogens is 1. The smallest absolute Gasteiger partial charge is 0.320 e. The maximum Gasteiger partial charge on any atom is 0.320 e. The molecule has 5 nitrogen and oxygen atoms in total. The van der Waals surface area contributed by atoms with E-state index < -0.39 is 5.97 Å². The van der Waals surface area contributed by atoms with E-state index in [0.717, 1.165) is 0 Å². The number of carbonyl (C=O) groups is 2. The van der Waals surface area contributed by atoms with E-state index in [1.165, 1.54) is 11.0 Å². The van der Waals surface area contributed by atoms with Gasteiger partial charge in [0.2, 0.25) is 0 Å². The molecule has 0 aromatic heterocycles. The minimum atomic E-state index is -0.839. The SMILES string of the molecule is CN(Cc1ccccc1F)C(=O)N1CCC(CC(=O)O)C1. The highest BCUT2D eigenvalue weighted by Gasteiger charge is 2.29. The fourth-order valence-corrected chi connectivity index (χ4v) is 2.61. The third-order valence-corrected chi connectivity index (χ3v) is 3.71. The average Bonchev–Trinajstić information content (AvgIpc) is 2.88. The van der Waals surface area contributed by atoms with Crippen LogP contribution in [0.15, 0.2) is 24.3 Å². The highest BCUT2D eigenvalue weighted by Crippen LogP contribution is 2.21. The summed E-state index contributed by atoms with van der Waals surface area (Å²) in [4.78, 5) is 26.1. The number of rotatable bonds is 4. The lowest BCUT2D eigenvalue weighted by atomic mass is 10.1. The molecule has 1 saturated heterocycles. The molecule has 1 heterocycles. The summed E-state index contributed by atoms with van der Waals surface area (Å²) in [5.74, 6) is -1.16. The molecule has 2 amide bonds. The Morgan fingerprint density at radius 2 is 2.14 bits per heavy atom. The van der Waals surface area contributed by atoms with Crippen LogP contribution in [0.1, 0.15) is 18.4 Å². The van der Waals surface area contributed by atoms with Gasteiger partial charge in [0.05, 0.1) is 0 Å². The molecule has 6 heteroatoms. The minimum absolute atomic E-state index is 0.00770. The van der Waals surface area contributed by atoms with Gasteiger partial charge in [-0.25, -0.2) is 9.18 Å². The van der Waals surface area contributed by atoms with Gasteiger partial charge >= 0.3 is 12.0 Å². The van der Waals surface area contributed by atoms with Gasteiger partial charge in [-0.3, -0.25) is 4.79 Å². The van der Waals surface area contributed by atoms with Crippen molar-refractivity contribution in [2.45, 2.75) is 19.4 Å². The van der Waals surface area contributed by atoms with E-state index in [0.29, 0.717) is 25.1 Å². The van der Waals surface area contributed by atoms with Gasteiger partial charge in [-0.15, -0.1) is 0 Å². The largest absolute Gasteiger partial charge is 0.481 e. The van der Waals surface area contributed by atoms with Crippen LogP contribution in [0.3, 0.4) is 0 Å². The molecule has 0 aliphatic carbocycles. The summed E-state index contributed by atoms with van der Waals surface area (Å²) in [7, 11) is 1.62. The number of hydrogen-bond acceptors (Lipinski definition) is 2. The second kappa shape index (κ2) is 6.56. The molecule has 1 fully saturated rings. The summed E-state index contributed by atoms with van der Waals surface area (Å²) in [6.45, 7) is 1.21. The second-order valence-electron chi connectivity index (χ2n) is 5.43. The number of carbonyl (C=O) groups excluding carboxylic acids is 1. The first kappa shape index (κ1) is 15.3. The Morgan fingerprint density at radius 1 is 1.43 bits per heavy atom. The number of urea groups is 1. The van der Waals surface area contributed by atoms with E-state index in [1.807, 2.05) is 0 Å². The van der Waals surface area contributed by atoms with Crippen LogP contribution in [0.25, 0.3) is 0 Å². The van der Waals surface area contributed by atoms with Crippen molar-refractivity contribution in [3.8, 4) is 0 Å². The van der Waals surface area contributed by atoms with Crippen molar-refractivity contribution < 1.29 is 19.1 Å². The predicted octanol–water partition coefficient (Wildman–Crippen LogP) is 2.17. The Balaban J connectivity index is 1.91. The fourth-order valence-electron chi connectivity index (χ4n) is 2.61. The minimum Gasteiger partial charge on any atom is -0.481 e. The van der Waals surface area contributed by atoms with Gasteiger partial charge in [-0.05, 0) is 18.4 Å². The Hall–Kier alpha value is -2.11. The van der Waals surface area contributed by atoms with E-state index in [1.54, 1.807) is 30.1 Å². The summed E-state index contributed by atoms with van der Waals surface area (Å²) in [5, 5.41) is 8.78. The van der Waals surface area contributed by atoms with E-state index in [4.69, 9.17) is 5.11 Å². The highest BCUT2D eigenvalue weighted by atomic mass is 19.1. The number of benzene rings is 1. The Morgan fingerprint density at radius 3 is 2.81 bits per heavy atom. The molecule has 1 atom stereocenters.